The molecule has 0 spiro atoms. The number of hydrazone groups is 1. The highest BCUT2D eigenvalue weighted by Crippen LogP contribution is 2.21. The Morgan fingerprint density at radius 2 is 2.50 bits per heavy atom. The second-order valence-corrected chi connectivity index (χ2v) is 3.14. The Hall–Kier alpha value is -1.85. The summed E-state index contributed by atoms with van der Waals surface area (Å²) in [6.07, 6.45) is 3.71. The van der Waals surface area contributed by atoms with Gasteiger partial charge in [0.25, 0.3) is 0 Å². The number of carbonyl (C=O) groups excluding carboxylic acids is 1. The molecule has 0 saturated carbocycles. The van der Waals surface area contributed by atoms with Gasteiger partial charge in [-0.05, 0) is 12.5 Å². The number of fused-ring (bicyclic) bond motifs is 1. The van der Waals surface area contributed by atoms with Crippen molar-refractivity contribution < 1.29 is 14.7 Å². The fraction of sp³-hybridized carbons (Fsp3) is 0.375. The molecule has 0 bridgehead atoms. The van der Waals surface area contributed by atoms with E-state index in [9.17, 15) is 9.59 Å². The molecule has 0 fully saturated rings. The first-order valence-electron chi connectivity index (χ1n) is 4.21. The van der Waals surface area contributed by atoms with Gasteiger partial charge in [0, 0.05) is 12.4 Å². The molecule has 0 aliphatic carbocycles. The number of rotatable bonds is 0. The Bertz CT molecular complexity index is 337. The zero-order valence-electron chi connectivity index (χ0n) is 7.25. The van der Waals surface area contributed by atoms with E-state index < -0.39 is 12.0 Å². The monoisotopic (exact) mass is 195 g/mol. The minimum absolute atomic E-state index is 0.178. The SMILES string of the molecule is O=C(O)N1C=CC2NN=CCC2C1=O. The molecular formula is C8H9N3O3. The standard InChI is InChI=1S/C8H9N3O3/c12-7-5-1-3-9-10-6(5)2-4-11(7)8(13)14/h2-6,10H,1H2,(H,13,14). The van der Waals surface area contributed by atoms with E-state index in [1.54, 1.807) is 12.3 Å². The van der Waals surface area contributed by atoms with Crippen LogP contribution in [0.2, 0.25) is 0 Å². The molecule has 0 aromatic carbocycles. The molecule has 14 heavy (non-hydrogen) atoms. The quantitative estimate of drug-likeness (QED) is 0.569. The van der Waals surface area contributed by atoms with Crippen LogP contribution in [0.3, 0.4) is 0 Å². The highest BCUT2D eigenvalue weighted by atomic mass is 16.4. The lowest BCUT2D eigenvalue weighted by molar-refractivity contribution is -0.132. The molecule has 2 rings (SSSR count). The summed E-state index contributed by atoms with van der Waals surface area (Å²) in [5.41, 5.74) is 2.75. The summed E-state index contributed by atoms with van der Waals surface area (Å²) in [6.45, 7) is 0. The molecule has 0 aromatic heterocycles. The average molecular weight is 195 g/mol. The Kier molecular flexibility index (Phi) is 1.95. The van der Waals surface area contributed by atoms with Crippen LogP contribution in [0.1, 0.15) is 6.42 Å². The van der Waals surface area contributed by atoms with Crippen LogP contribution >= 0.6 is 0 Å². The highest BCUT2D eigenvalue weighted by molar-refractivity contribution is 5.96. The molecule has 0 aromatic rings. The number of carboxylic acid groups (broad SMARTS) is 1. The third-order valence-corrected chi connectivity index (χ3v) is 2.31. The largest absolute Gasteiger partial charge is 0.464 e. The Morgan fingerprint density at radius 3 is 3.21 bits per heavy atom. The van der Waals surface area contributed by atoms with E-state index in [1.165, 1.54) is 6.20 Å². The first-order valence-corrected chi connectivity index (χ1v) is 4.21. The number of imide groups is 1. The molecule has 2 amide bonds. The summed E-state index contributed by atoms with van der Waals surface area (Å²) in [4.78, 5) is 22.9. The zero-order chi connectivity index (χ0) is 10.1. The van der Waals surface area contributed by atoms with Crippen molar-refractivity contribution in [2.24, 2.45) is 11.0 Å². The Balaban J connectivity index is 2.25. The van der Waals surface area contributed by atoms with E-state index in [2.05, 4.69) is 10.5 Å². The number of amides is 2. The molecule has 0 radical (unpaired) electrons. The van der Waals surface area contributed by atoms with Crippen molar-refractivity contribution in [1.29, 1.82) is 0 Å². The predicted molar refractivity (Wildman–Crippen MR) is 47.5 cm³/mol. The van der Waals surface area contributed by atoms with Crippen LogP contribution in [0.4, 0.5) is 4.79 Å². The van der Waals surface area contributed by atoms with Gasteiger partial charge in [0.05, 0.1) is 12.0 Å². The smallest absolute Gasteiger partial charge is 0.418 e. The topological polar surface area (TPSA) is 82.0 Å². The molecular weight excluding hydrogens is 186 g/mol. The number of hydrogen-bond donors (Lipinski definition) is 2. The van der Waals surface area contributed by atoms with Crippen LogP contribution in [0, 0.1) is 5.92 Å². The molecule has 74 valence electrons. The van der Waals surface area contributed by atoms with Crippen molar-refractivity contribution in [3.05, 3.63) is 12.3 Å². The third-order valence-electron chi connectivity index (χ3n) is 2.31. The summed E-state index contributed by atoms with van der Waals surface area (Å²) in [5.74, 6) is -0.753. The summed E-state index contributed by atoms with van der Waals surface area (Å²) >= 11 is 0. The van der Waals surface area contributed by atoms with E-state index in [1.807, 2.05) is 0 Å². The molecule has 6 nitrogen and oxygen atoms in total. The van der Waals surface area contributed by atoms with Gasteiger partial charge in [0.15, 0.2) is 0 Å². The maximum Gasteiger partial charge on any atom is 0.418 e. The maximum atomic E-state index is 11.6. The van der Waals surface area contributed by atoms with Crippen molar-refractivity contribution in [1.82, 2.24) is 10.3 Å². The number of carbonyl (C=O) groups is 2. The van der Waals surface area contributed by atoms with Crippen molar-refractivity contribution in [2.45, 2.75) is 12.5 Å². The van der Waals surface area contributed by atoms with Gasteiger partial charge in [-0.2, -0.15) is 5.10 Å². The Morgan fingerprint density at radius 1 is 1.71 bits per heavy atom. The fourth-order valence-electron chi connectivity index (χ4n) is 1.56. The first kappa shape index (κ1) is 8.74. The molecule has 0 saturated heterocycles. The molecule has 2 unspecified atom stereocenters. The number of nitrogens with one attached hydrogen (secondary N) is 1. The van der Waals surface area contributed by atoms with Gasteiger partial charge in [-0.3, -0.25) is 4.79 Å². The van der Waals surface area contributed by atoms with Gasteiger partial charge in [-0.1, -0.05) is 0 Å². The zero-order valence-corrected chi connectivity index (χ0v) is 7.25. The molecule has 2 heterocycles. The summed E-state index contributed by atoms with van der Waals surface area (Å²) in [7, 11) is 0. The van der Waals surface area contributed by atoms with Crippen LogP contribution in [0.5, 0.6) is 0 Å². The molecule has 2 N–H and O–H groups in total. The molecule has 6 heteroatoms. The minimum Gasteiger partial charge on any atom is -0.464 e. The van der Waals surface area contributed by atoms with Crippen molar-refractivity contribution >= 4 is 18.2 Å². The second-order valence-electron chi connectivity index (χ2n) is 3.14. The van der Waals surface area contributed by atoms with Crippen LogP contribution < -0.4 is 5.43 Å². The average Bonchev–Trinajstić information content (AvgIpc) is 2.18. The van der Waals surface area contributed by atoms with Gasteiger partial charge in [-0.15, -0.1) is 0 Å². The van der Waals surface area contributed by atoms with Gasteiger partial charge >= 0.3 is 6.09 Å². The fourth-order valence-corrected chi connectivity index (χ4v) is 1.56. The minimum atomic E-state index is -1.24. The molecule has 2 atom stereocenters. The van der Waals surface area contributed by atoms with Crippen LogP contribution in [0.15, 0.2) is 17.4 Å². The van der Waals surface area contributed by atoms with Crippen LogP contribution in [-0.2, 0) is 4.79 Å². The lowest BCUT2D eigenvalue weighted by atomic mass is 9.92. The van der Waals surface area contributed by atoms with E-state index in [-0.39, 0.29) is 12.0 Å². The van der Waals surface area contributed by atoms with Crippen molar-refractivity contribution in [3.8, 4) is 0 Å². The highest BCUT2D eigenvalue weighted by Gasteiger charge is 2.36. The van der Waals surface area contributed by atoms with Crippen LogP contribution in [0.25, 0.3) is 0 Å². The summed E-state index contributed by atoms with van der Waals surface area (Å²) < 4.78 is 0. The van der Waals surface area contributed by atoms with E-state index in [4.69, 9.17) is 5.11 Å². The van der Waals surface area contributed by atoms with Gasteiger partial charge < -0.3 is 10.5 Å². The lowest BCUT2D eigenvalue weighted by Gasteiger charge is -2.31. The van der Waals surface area contributed by atoms with Gasteiger partial charge in [0.2, 0.25) is 5.91 Å². The maximum absolute atomic E-state index is 11.6. The summed E-state index contributed by atoms with van der Waals surface area (Å²) in [6, 6.07) is -0.178. The lowest BCUT2D eigenvalue weighted by Crippen LogP contribution is -2.49. The predicted octanol–water partition coefficient (Wildman–Crippen LogP) is -0.0158. The Labute approximate surface area is 79.9 Å². The molecule has 2 aliphatic rings. The summed E-state index contributed by atoms with van der Waals surface area (Å²) in [5, 5.41) is 12.5. The molecule has 2 aliphatic heterocycles. The van der Waals surface area contributed by atoms with Crippen molar-refractivity contribution in [2.75, 3.05) is 0 Å². The third kappa shape index (κ3) is 1.24. The van der Waals surface area contributed by atoms with E-state index >= 15 is 0 Å². The van der Waals surface area contributed by atoms with E-state index in [0.29, 0.717) is 11.3 Å². The van der Waals surface area contributed by atoms with Gasteiger partial charge in [-0.25, -0.2) is 9.69 Å². The van der Waals surface area contributed by atoms with Crippen LogP contribution in [-0.4, -0.2) is 34.3 Å². The normalized spacial score (nSPS) is 29.7. The number of hydrogen-bond acceptors (Lipinski definition) is 4. The first-order chi connectivity index (χ1) is 6.70. The van der Waals surface area contributed by atoms with E-state index in [0.717, 1.165) is 0 Å². The number of nitrogens with zero attached hydrogens (tertiary/aromatic N) is 2. The van der Waals surface area contributed by atoms with Crippen molar-refractivity contribution in [3.63, 3.8) is 0 Å². The second kappa shape index (κ2) is 3.13. The van der Waals surface area contributed by atoms with Gasteiger partial charge in [0.1, 0.15) is 0 Å².